The predicted molar refractivity (Wildman–Crippen MR) is 97.9 cm³/mol. The molecule has 0 saturated carbocycles. The van der Waals surface area contributed by atoms with Crippen molar-refractivity contribution in [2.45, 2.75) is 0 Å². The van der Waals surface area contributed by atoms with Gasteiger partial charge in [-0.2, -0.15) is 0 Å². The number of esters is 1. The molecule has 0 atom stereocenters. The van der Waals surface area contributed by atoms with E-state index in [1.165, 1.54) is 4.90 Å². The zero-order valence-corrected chi connectivity index (χ0v) is 14.4. The number of anilines is 1. The number of benzene rings is 2. The Bertz CT molecular complexity index is 937. The quantitative estimate of drug-likeness (QED) is 0.425. The first-order chi connectivity index (χ1) is 11.6. The average Bonchev–Trinajstić information content (AvgIpc) is 3.06. The van der Waals surface area contributed by atoms with Crippen LogP contribution in [-0.4, -0.2) is 16.2 Å². The maximum Gasteiger partial charge on any atom is 0.344 e. The molecule has 0 spiro atoms. The van der Waals surface area contributed by atoms with Crippen molar-refractivity contribution in [3.63, 3.8) is 0 Å². The van der Waals surface area contributed by atoms with E-state index in [1.54, 1.807) is 48.5 Å². The van der Waals surface area contributed by atoms with Crippen LogP contribution in [0.25, 0.3) is 5.76 Å². The predicted octanol–water partition coefficient (Wildman–Crippen LogP) is 4.24. The molecule has 0 radical (unpaired) electrons. The fourth-order valence-electron chi connectivity index (χ4n) is 2.55. The molecule has 0 aromatic heterocycles. The number of thiocarbonyl (C=S) groups is 1. The van der Waals surface area contributed by atoms with E-state index in [1.807, 2.05) is 0 Å². The topological polar surface area (TPSA) is 46.6 Å². The Kier molecular flexibility index (Phi) is 3.68. The molecule has 0 aliphatic carbocycles. The lowest BCUT2D eigenvalue weighted by molar-refractivity contribution is -0.113. The molecule has 1 amide bonds. The number of carbonyl (C=O) groups excluding carboxylic acids is 2. The number of hydrogen-bond acceptors (Lipinski definition) is 5. The van der Waals surface area contributed by atoms with Gasteiger partial charge in [-0.3, -0.25) is 9.69 Å². The number of cyclic esters (lactones) is 1. The van der Waals surface area contributed by atoms with E-state index in [0.717, 1.165) is 11.8 Å². The summed E-state index contributed by atoms with van der Waals surface area (Å²) in [4.78, 5) is 26.5. The Morgan fingerprint density at radius 2 is 1.67 bits per heavy atom. The molecule has 4 nitrogen and oxygen atoms in total. The number of rotatable bonds is 1. The number of hydrogen-bond donors (Lipinski definition) is 0. The minimum atomic E-state index is -0.461. The van der Waals surface area contributed by atoms with Crippen LogP contribution < -0.4 is 4.90 Å². The molecular weight excluding hydrogens is 366 g/mol. The lowest BCUT2D eigenvalue weighted by Gasteiger charge is -2.14. The van der Waals surface area contributed by atoms with Crippen molar-refractivity contribution < 1.29 is 14.3 Å². The SMILES string of the molecule is O=C1O/C(=C2\SC(=S)N(c3ccc(Cl)cc3)C2=O)c2ccccc21. The van der Waals surface area contributed by atoms with Gasteiger partial charge in [-0.1, -0.05) is 53.8 Å². The molecule has 1 fully saturated rings. The number of amides is 1. The van der Waals surface area contributed by atoms with Crippen LogP contribution in [0.15, 0.2) is 53.4 Å². The number of fused-ring (bicyclic) bond motifs is 1. The van der Waals surface area contributed by atoms with Crippen LogP contribution in [0.4, 0.5) is 5.69 Å². The zero-order valence-electron chi connectivity index (χ0n) is 12.0. The van der Waals surface area contributed by atoms with Gasteiger partial charge in [0.15, 0.2) is 10.1 Å². The molecule has 7 heteroatoms. The smallest absolute Gasteiger partial charge is 0.344 e. The molecule has 24 heavy (non-hydrogen) atoms. The van der Waals surface area contributed by atoms with Gasteiger partial charge in [-0.05, 0) is 30.3 Å². The number of nitrogens with zero attached hydrogens (tertiary/aromatic N) is 1. The summed E-state index contributed by atoms with van der Waals surface area (Å²) in [5.74, 6) is -0.506. The van der Waals surface area contributed by atoms with E-state index in [9.17, 15) is 9.59 Å². The first-order valence-electron chi connectivity index (χ1n) is 6.94. The molecule has 0 N–H and O–H groups in total. The summed E-state index contributed by atoms with van der Waals surface area (Å²) in [6.45, 7) is 0. The number of halogens is 1. The van der Waals surface area contributed by atoms with Crippen molar-refractivity contribution in [3.05, 3.63) is 69.6 Å². The van der Waals surface area contributed by atoms with Crippen molar-refractivity contribution in [1.29, 1.82) is 0 Å². The summed E-state index contributed by atoms with van der Waals surface area (Å²) in [5.41, 5.74) is 1.68. The molecule has 2 aliphatic rings. The molecule has 2 aliphatic heterocycles. The standard InChI is InChI=1S/C17H8ClNO3S2/c18-9-5-7-10(8-6-9)19-15(20)14(24-17(19)23)13-11-3-1-2-4-12(11)16(21)22-13/h1-8H/b14-13-. The highest BCUT2D eigenvalue weighted by Crippen LogP contribution is 2.42. The van der Waals surface area contributed by atoms with Crippen molar-refractivity contribution in [3.8, 4) is 0 Å². The molecule has 4 rings (SSSR count). The van der Waals surface area contributed by atoms with E-state index < -0.39 is 5.97 Å². The summed E-state index contributed by atoms with van der Waals surface area (Å²) in [6.07, 6.45) is 0. The van der Waals surface area contributed by atoms with Crippen LogP contribution in [0.3, 0.4) is 0 Å². The molecule has 118 valence electrons. The lowest BCUT2D eigenvalue weighted by Crippen LogP contribution is -2.27. The number of carbonyl (C=O) groups is 2. The van der Waals surface area contributed by atoms with Crippen LogP contribution in [0.5, 0.6) is 0 Å². The first-order valence-corrected chi connectivity index (χ1v) is 8.54. The van der Waals surface area contributed by atoms with Crippen molar-refractivity contribution in [2.75, 3.05) is 4.90 Å². The second-order valence-electron chi connectivity index (χ2n) is 5.08. The van der Waals surface area contributed by atoms with Crippen molar-refractivity contribution in [2.24, 2.45) is 0 Å². The van der Waals surface area contributed by atoms with Crippen LogP contribution in [0.1, 0.15) is 15.9 Å². The lowest BCUT2D eigenvalue weighted by atomic mass is 10.1. The highest BCUT2D eigenvalue weighted by Gasteiger charge is 2.40. The van der Waals surface area contributed by atoms with Gasteiger partial charge in [0.05, 0.1) is 11.3 Å². The third kappa shape index (κ3) is 2.34. The van der Waals surface area contributed by atoms with Gasteiger partial charge in [-0.15, -0.1) is 0 Å². The van der Waals surface area contributed by atoms with Crippen LogP contribution in [0, 0.1) is 0 Å². The summed E-state index contributed by atoms with van der Waals surface area (Å²) in [5, 5.41) is 0.571. The van der Waals surface area contributed by atoms with Gasteiger partial charge in [0.1, 0.15) is 4.91 Å². The van der Waals surface area contributed by atoms with Crippen LogP contribution >= 0.6 is 35.6 Å². The van der Waals surface area contributed by atoms with E-state index >= 15 is 0 Å². The third-order valence-electron chi connectivity index (χ3n) is 3.65. The van der Waals surface area contributed by atoms with E-state index in [0.29, 0.717) is 31.1 Å². The summed E-state index contributed by atoms with van der Waals surface area (Å²) in [6, 6.07) is 13.8. The van der Waals surface area contributed by atoms with Crippen LogP contribution in [0.2, 0.25) is 5.02 Å². The Morgan fingerprint density at radius 1 is 1.00 bits per heavy atom. The Labute approximate surface area is 152 Å². The van der Waals surface area contributed by atoms with Gasteiger partial charge < -0.3 is 4.74 Å². The minimum Gasteiger partial charge on any atom is -0.421 e. The molecule has 0 unspecified atom stereocenters. The molecule has 0 bridgehead atoms. The normalized spacial score (nSPS) is 19.7. The van der Waals surface area contributed by atoms with E-state index in [4.69, 9.17) is 28.6 Å². The highest BCUT2D eigenvalue weighted by atomic mass is 35.5. The van der Waals surface area contributed by atoms with E-state index in [2.05, 4.69) is 0 Å². The first kappa shape index (κ1) is 15.4. The number of thioether (sulfide) groups is 1. The van der Waals surface area contributed by atoms with Crippen molar-refractivity contribution >= 4 is 63.2 Å². The van der Waals surface area contributed by atoms with E-state index in [-0.39, 0.29) is 11.7 Å². The minimum absolute atomic E-state index is 0.268. The maximum absolute atomic E-state index is 12.8. The largest absolute Gasteiger partial charge is 0.421 e. The fourth-order valence-corrected chi connectivity index (χ4v) is 3.99. The molecule has 2 aromatic carbocycles. The molecular formula is C17H8ClNO3S2. The van der Waals surface area contributed by atoms with Gasteiger partial charge in [0.25, 0.3) is 5.91 Å². The van der Waals surface area contributed by atoms with Crippen molar-refractivity contribution in [1.82, 2.24) is 0 Å². The maximum atomic E-state index is 12.8. The Morgan fingerprint density at radius 3 is 2.38 bits per heavy atom. The monoisotopic (exact) mass is 373 g/mol. The zero-order chi connectivity index (χ0) is 16.8. The molecule has 1 saturated heterocycles. The summed E-state index contributed by atoms with van der Waals surface area (Å²) >= 11 is 12.3. The Balaban J connectivity index is 1.80. The Hall–Kier alpha value is -2.15. The highest BCUT2D eigenvalue weighted by molar-refractivity contribution is 8.27. The van der Waals surface area contributed by atoms with Gasteiger partial charge >= 0.3 is 5.97 Å². The fraction of sp³-hybridized carbons (Fsp3) is 0. The van der Waals surface area contributed by atoms with Gasteiger partial charge in [-0.25, -0.2) is 4.79 Å². The molecule has 2 aromatic rings. The second-order valence-corrected chi connectivity index (χ2v) is 7.16. The summed E-state index contributed by atoms with van der Waals surface area (Å²) < 4.78 is 5.71. The third-order valence-corrected chi connectivity index (χ3v) is 5.25. The number of ether oxygens (including phenoxy) is 1. The summed E-state index contributed by atoms with van der Waals surface area (Å²) in [7, 11) is 0. The molecule has 2 heterocycles. The van der Waals surface area contributed by atoms with Gasteiger partial charge in [0, 0.05) is 10.6 Å². The van der Waals surface area contributed by atoms with Gasteiger partial charge in [0.2, 0.25) is 0 Å². The average molecular weight is 374 g/mol. The second kappa shape index (κ2) is 5.73. The van der Waals surface area contributed by atoms with Crippen LogP contribution in [-0.2, 0) is 9.53 Å².